The SMILES string of the molecule is CN=C(/C(C)=C(\c1cc(-c2cccnc2)cc(-c2ccc3c4c(c5ccccc5c3c2)CC=C4)c1)c1ccccc1C)c1ccccc1. The maximum Gasteiger partial charge on any atom is 0.0678 e. The number of pyridine rings is 1. The van der Waals surface area contributed by atoms with Crippen LogP contribution in [-0.4, -0.2) is 17.7 Å². The van der Waals surface area contributed by atoms with Crippen LogP contribution in [0.3, 0.4) is 0 Å². The molecular weight excluding hydrogens is 581 g/mol. The van der Waals surface area contributed by atoms with Gasteiger partial charge >= 0.3 is 0 Å². The van der Waals surface area contributed by atoms with Crippen molar-refractivity contribution in [2.45, 2.75) is 20.3 Å². The van der Waals surface area contributed by atoms with Gasteiger partial charge in [0.15, 0.2) is 0 Å². The van der Waals surface area contributed by atoms with Gasteiger partial charge in [-0.2, -0.15) is 0 Å². The van der Waals surface area contributed by atoms with Gasteiger partial charge in [-0.1, -0.05) is 109 Å². The Hall–Kier alpha value is -5.86. The van der Waals surface area contributed by atoms with E-state index in [-0.39, 0.29) is 0 Å². The molecule has 0 atom stereocenters. The Morgan fingerprint density at radius 3 is 2.15 bits per heavy atom. The fourth-order valence-electron chi connectivity index (χ4n) is 7.47. The van der Waals surface area contributed by atoms with Gasteiger partial charge in [-0.25, -0.2) is 0 Å². The number of aromatic nitrogens is 1. The second-order valence-electron chi connectivity index (χ2n) is 12.6. The van der Waals surface area contributed by atoms with Crippen molar-refractivity contribution in [1.82, 2.24) is 4.98 Å². The lowest BCUT2D eigenvalue weighted by molar-refractivity contribution is 1.33. The third kappa shape index (κ3) is 5.16. The molecule has 2 nitrogen and oxygen atoms in total. The molecule has 0 fully saturated rings. The highest BCUT2D eigenvalue weighted by atomic mass is 14.7. The molecule has 1 aliphatic carbocycles. The molecule has 0 unspecified atom stereocenters. The van der Waals surface area contributed by atoms with Crippen LogP contribution in [0.4, 0.5) is 0 Å². The van der Waals surface area contributed by atoms with Crippen LogP contribution in [0.15, 0.2) is 156 Å². The normalized spacial score (nSPS) is 13.2. The van der Waals surface area contributed by atoms with Crippen molar-refractivity contribution in [1.29, 1.82) is 0 Å². The number of hydrogen-bond donors (Lipinski definition) is 0. The van der Waals surface area contributed by atoms with Crippen LogP contribution >= 0.6 is 0 Å². The van der Waals surface area contributed by atoms with E-state index >= 15 is 0 Å². The molecule has 1 aromatic heterocycles. The van der Waals surface area contributed by atoms with Gasteiger partial charge in [-0.3, -0.25) is 9.98 Å². The molecule has 0 saturated heterocycles. The van der Waals surface area contributed by atoms with Crippen molar-refractivity contribution in [3.63, 3.8) is 0 Å². The first-order valence-electron chi connectivity index (χ1n) is 16.6. The van der Waals surface area contributed by atoms with E-state index in [0.29, 0.717) is 0 Å². The lowest BCUT2D eigenvalue weighted by Gasteiger charge is -2.20. The summed E-state index contributed by atoms with van der Waals surface area (Å²) in [4.78, 5) is 9.35. The van der Waals surface area contributed by atoms with E-state index in [0.717, 1.165) is 40.0 Å². The molecule has 230 valence electrons. The third-order valence-corrected chi connectivity index (χ3v) is 9.75. The predicted octanol–water partition coefficient (Wildman–Crippen LogP) is 11.5. The maximum atomic E-state index is 4.86. The van der Waals surface area contributed by atoms with Gasteiger partial charge < -0.3 is 0 Å². The van der Waals surface area contributed by atoms with Gasteiger partial charge in [0.05, 0.1) is 5.71 Å². The minimum absolute atomic E-state index is 0.987. The van der Waals surface area contributed by atoms with Gasteiger partial charge in [0.2, 0.25) is 0 Å². The van der Waals surface area contributed by atoms with Crippen molar-refractivity contribution < 1.29 is 0 Å². The molecule has 0 amide bonds. The number of aliphatic imine (C=N–C) groups is 1. The van der Waals surface area contributed by atoms with Crippen LogP contribution in [0.25, 0.3) is 55.4 Å². The number of aryl methyl sites for hydroxylation is 1. The van der Waals surface area contributed by atoms with Crippen LogP contribution in [-0.2, 0) is 6.42 Å². The number of hydrogen-bond acceptors (Lipinski definition) is 2. The van der Waals surface area contributed by atoms with Gasteiger partial charge in [0.25, 0.3) is 0 Å². The molecule has 6 aromatic carbocycles. The summed E-state index contributed by atoms with van der Waals surface area (Å²) in [7, 11) is 1.89. The Balaban J connectivity index is 1.41. The zero-order valence-corrected chi connectivity index (χ0v) is 27.5. The lowest BCUT2D eigenvalue weighted by Crippen LogP contribution is -2.07. The average molecular weight is 617 g/mol. The number of allylic oxidation sites excluding steroid dienone is 2. The zero-order chi connectivity index (χ0) is 32.6. The summed E-state index contributed by atoms with van der Waals surface area (Å²) in [6.07, 6.45) is 9.37. The van der Waals surface area contributed by atoms with E-state index in [9.17, 15) is 0 Å². The van der Waals surface area contributed by atoms with Crippen LogP contribution in [0.1, 0.15) is 40.3 Å². The Morgan fingerprint density at radius 1 is 0.625 bits per heavy atom. The van der Waals surface area contributed by atoms with Crippen molar-refractivity contribution in [3.05, 3.63) is 185 Å². The summed E-state index contributed by atoms with van der Waals surface area (Å²) in [6.45, 7) is 4.41. The molecule has 8 rings (SSSR count). The second-order valence-corrected chi connectivity index (χ2v) is 12.6. The number of benzene rings is 6. The molecule has 1 aliphatic rings. The minimum atomic E-state index is 0.987. The highest BCUT2D eigenvalue weighted by Gasteiger charge is 2.20. The lowest BCUT2D eigenvalue weighted by atomic mass is 9.84. The zero-order valence-electron chi connectivity index (χ0n) is 27.5. The number of rotatable bonds is 6. The Labute approximate surface area is 282 Å². The Bertz CT molecular complexity index is 2430. The molecule has 7 aromatic rings. The largest absolute Gasteiger partial charge is 0.288 e. The number of nitrogens with zero attached hydrogens (tertiary/aromatic N) is 2. The van der Waals surface area contributed by atoms with Crippen molar-refractivity contribution >= 4 is 38.9 Å². The summed E-state index contributed by atoms with van der Waals surface area (Å²) in [5, 5.41) is 5.26. The second kappa shape index (κ2) is 12.4. The standard InChI is InChI=1S/C46H36N2/c1-30-13-7-8-17-38(30)45(31(2)46(47-3)32-14-5-4-6-15-32)37-26-35(25-36(27-37)34-16-12-24-48-29-34)33-22-23-43-41-21-11-20-40(41)39-18-9-10-19-42(39)44(43)28-33/h4-19,21-29H,20H2,1-3H3/b45-31+,47-46?. The molecule has 2 heteroatoms. The summed E-state index contributed by atoms with van der Waals surface area (Å²) in [5.41, 5.74) is 15.4. The van der Waals surface area contributed by atoms with Gasteiger partial charge in [0, 0.05) is 25.0 Å². The first-order valence-corrected chi connectivity index (χ1v) is 16.6. The fraction of sp³-hybridized carbons (Fsp3) is 0.0870. The third-order valence-electron chi connectivity index (χ3n) is 9.75. The van der Waals surface area contributed by atoms with Crippen LogP contribution in [0, 0.1) is 6.92 Å². The Morgan fingerprint density at radius 2 is 1.38 bits per heavy atom. The number of fused-ring (bicyclic) bond motifs is 6. The van der Waals surface area contributed by atoms with Crippen molar-refractivity contribution in [2.75, 3.05) is 7.05 Å². The predicted molar refractivity (Wildman–Crippen MR) is 205 cm³/mol. The van der Waals surface area contributed by atoms with Crippen LogP contribution in [0.5, 0.6) is 0 Å². The summed E-state index contributed by atoms with van der Waals surface area (Å²) >= 11 is 0. The van der Waals surface area contributed by atoms with Crippen LogP contribution in [0.2, 0.25) is 0 Å². The summed E-state index contributed by atoms with van der Waals surface area (Å²) in [6, 6.07) is 46.2. The smallest absolute Gasteiger partial charge is 0.0678 e. The quantitative estimate of drug-likeness (QED) is 0.135. The van der Waals surface area contributed by atoms with Gasteiger partial charge in [0.1, 0.15) is 0 Å². The van der Waals surface area contributed by atoms with E-state index < -0.39 is 0 Å². The minimum Gasteiger partial charge on any atom is -0.288 e. The van der Waals surface area contributed by atoms with E-state index in [1.165, 1.54) is 60.5 Å². The van der Waals surface area contributed by atoms with Crippen LogP contribution < -0.4 is 0 Å². The fourth-order valence-corrected chi connectivity index (χ4v) is 7.47. The molecule has 0 saturated carbocycles. The molecule has 1 heterocycles. The summed E-state index contributed by atoms with van der Waals surface area (Å²) in [5.74, 6) is 0. The molecule has 48 heavy (non-hydrogen) atoms. The summed E-state index contributed by atoms with van der Waals surface area (Å²) < 4.78 is 0. The Kier molecular flexibility index (Phi) is 7.62. The first kappa shape index (κ1) is 29.5. The molecular formula is C46H36N2. The molecule has 0 N–H and O–H groups in total. The van der Waals surface area contributed by atoms with E-state index in [2.05, 4.69) is 152 Å². The van der Waals surface area contributed by atoms with Gasteiger partial charge in [-0.05, 0) is 133 Å². The first-order chi connectivity index (χ1) is 23.6. The molecule has 0 aliphatic heterocycles. The monoisotopic (exact) mass is 616 g/mol. The van der Waals surface area contributed by atoms with Gasteiger partial charge in [-0.15, -0.1) is 0 Å². The maximum absolute atomic E-state index is 4.86. The molecule has 0 bridgehead atoms. The molecule has 0 spiro atoms. The highest BCUT2D eigenvalue weighted by Crippen LogP contribution is 2.41. The topological polar surface area (TPSA) is 25.2 Å². The van der Waals surface area contributed by atoms with Crippen molar-refractivity contribution in [2.24, 2.45) is 4.99 Å². The highest BCUT2D eigenvalue weighted by molar-refractivity contribution is 6.18. The average Bonchev–Trinajstić information content (AvgIpc) is 3.64. The van der Waals surface area contributed by atoms with E-state index in [1.807, 2.05) is 25.5 Å². The van der Waals surface area contributed by atoms with E-state index in [4.69, 9.17) is 4.99 Å². The van der Waals surface area contributed by atoms with Crippen molar-refractivity contribution in [3.8, 4) is 22.3 Å². The van der Waals surface area contributed by atoms with E-state index in [1.54, 1.807) is 0 Å². The molecule has 0 radical (unpaired) electrons.